The third-order valence-corrected chi connectivity index (χ3v) is 3.40. The van der Waals surface area contributed by atoms with Crippen LogP contribution in [-0.4, -0.2) is 24.6 Å². The molecule has 1 atom stereocenters. The van der Waals surface area contributed by atoms with Crippen molar-refractivity contribution in [2.75, 3.05) is 7.05 Å². The van der Waals surface area contributed by atoms with Gasteiger partial charge in [-0.2, -0.15) is 0 Å². The van der Waals surface area contributed by atoms with Gasteiger partial charge in [-0.1, -0.05) is 13.0 Å². The van der Waals surface area contributed by atoms with E-state index in [0.29, 0.717) is 6.54 Å². The molecule has 1 unspecified atom stereocenters. The summed E-state index contributed by atoms with van der Waals surface area (Å²) in [5.74, 6) is -0.621. The fraction of sp³-hybridized carbons (Fsp3) is 0.562. The molecule has 0 saturated carbocycles. The van der Waals surface area contributed by atoms with E-state index in [9.17, 15) is 9.18 Å². The summed E-state index contributed by atoms with van der Waals surface area (Å²) >= 11 is 0. The Morgan fingerprint density at radius 2 is 2.10 bits per heavy atom. The molecule has 2 N–H and O–H groups in total. The van der Waals surface area contributed by atoms with E-state index in [1.54, 1.807) is 26.1 Å². The molecule has 0 bridgehead atoms. The van der Waals surface area contributed by atoms with Gasteiger partial charge in [-0.05, 0) is 51.9 Å². The lowest BCUT2D eigenvalue weighted by Crippen LogP contribution is -2.48. The molecule has 0 aliphatic heterocycles. The summed E-state index contributed by atoms with van der Waals surface area (Å²) in [6.45, 7) is 8.06. The zero-order valence-electron chi connectivity index (χ0n) is 13.4. The van der Waals surface area contributed by atoms with Crippen molar-refractivity contribution < 1.29 is 13.9 Å². The highest BCUT2D eigenvalue weighted by atomic mass is 19.1. The molecule has 0 aromatic heterocycles. The van der Waals surface area contributed by atoms with Crippen molar-refractivity contribution >= 4 is 5.91 Å². The van der Waals surface area contributed by atoms with Crippen LogP contribution in [0.15, 0.2) is 18.2 Å². The zero-order chi connectivity index (χ0) is 16.0. The Labute approximate surface area is 126 Å². The normalized spacial score (nSPS) is 12.9. The quantitative estimate of drug-likeness (QED) is 0.813. The maximum absolute atomic E-state index is 13.9. The summed E-state index contributed by atoms with van der Waals surface area (Å²) in [5.41, 5.74) is 0.524. The molecule has 0 spiro atoms. The largest absolute Gasteiger partial charge is 0.478 e. The third-order valence-electron chi connectivity index (χ3n) is 3.40. The average Bonchev–Trinajstić information content (AvgIpc) is 2.41. The topological polar surface area (TPSA) is 50.4 Å². The Morgan fingerprint density at radius 3 is 2.62 bits per heavy atom. The molecule has 0 aliphatic carbocycles. The third kappa shape index (κ3) is 5.34. The van der Waals surface area contributed by atoms with Crippen LogP contribution in [0.4, 0.5) is 4.39 Å². The Kier molecular flexibility index (Phi) is 6.15. The second-order valence-corrected chi connectivity index (χ2v) is 5.78. The lowest BCUT2D eigenvalue weighted by Gasteiger charge is -2.26. The highest BCUT2D eigenvalue weighted by Crippen LogP contribution is 2.20. The fourth-order valence-corrected chi connectivity index (χ4v) is 1.72. The van der Waals surface area contributed by atoms with E-state index >= 15 is 0 Å². The van der Waals surface area contributed by atoms with Crippen molar-refractivity contribution in [1.82, 2.24) is 10.6 Å². The highest BCUT2D eigenvalue weighted by Gasteiger charge is 2.23. The van der Waals surface area contributed by atoms with Gasteiger partial charge in [-0.15, -0.1) is 0 Å². The zero-order valence-corrected chi connectivity index (χ0v) is 13.4. The maximum Gasteiger partial charge on any atom is 0.261 e. The summed E-state index contributed by atoms with van der Waals surface area (Å²) < 4.78 is 19.3. The Balaban J connectivity index is 2.70. The molecule has 1 rings (SSSR count). The second kappa shape index (κ2) is 7.41. The molecule has 0 fully saturated rings. The minimum absolute atomic E-state index is 0.0896. The number of nitrogens with one attached hydrogen (secondary N) is 2. The minimum atomic E-state index is -0.750. The molecule has 5 heteroatoms. The molecule has 0 aliphatic rings. The van der Waals surface area contributed by atoms with Crippen LogP contribution in [0.3, 0.4) is 0 Å². The fourth-order valence-electron chi connectivity index (χ4n) is 1.72. The molecule has 0 radical (unpaired) electrons. The number of hydrogen-bond acceptors (Lipinski definition) is 3. The molecule has 1 amide bonds. The number of carbonyl (C=O) groups excluding carboxylic acids is 1. The van der Waals surface area contributed by atoms with Crippen LogP contribution in [0.25, 0.3) is 0 Å². The predicted molar refractivity (Wildman–Crippen MR) is 81.8 cm³/mol. The van der Waals surface area contributed by atoms with E-state index in [2.05, 4.69) is 10.6 Å². The predicted octanol–water partition coefficient (Wildman–Crippen LogP) is 2.62. The van der Waals surface area contributed by atoms with Gasteiger partial charge in [0.25, 0.3) is 5.91 Å². The Hall–Kier alpha value is -1.62. The number of hydrogen-bond donors (Lipinski definition) is 2. The number of carbonyl (C=O) groups is 1. The van der Waals surface area contributed by atoms with Crippen LogP contribution in [0.5, 0.6) is 5.75 Å². The first-order chi connectivity index (χ1) is 9.79. The van der Waals surface area contributed by atoms with E-state index in [1.807, 2.05) is 20.8 Å². The highest BCUT2D eigenvalue weighted by molar-refractivity contribution is 5.81. The molecule has 21 heavy (non-hydrogen) atoms. The number of benzene rings is 1. The monoisotopic (exact) mass is 296 g/mol. The van der Waals surface area contributed by atoms with Gasteiger partial charge in [0.05, 0.1) is 0 Å². The van der Waals surface area contributed by atoms with Crippen molar-refractivity contribution in [1.29, 1.82) is 0 Å². The van der Waals surface area contributed by atoms with Crippen LogP contribution in [0, 0.1) is 5.82 Å². The van der Waals surface area contributed by atoms with E-state index in [-0.39, 0.29) is 17.2 Å². The summed E-state index contributed by atoms with van der Waals surface area (Å²) in [6.07, 6.45) is 0.0545. The van der Waals surface area contributed by atoms with Crippen molar-refractivity contribution in [3.8, 4) is 5.75 Å². The smallest absolute Gasteiger partial charge is 0.261 e. The van der Waals surface area contributed by atoms with E-state index in [0.717, 1.165) is 12.0 Å². The molecular weight excluding hydrogens is 271 g/mol. The van der Waals surface area contributed by atoms with Crippen molar-refractivity contribution in [3.05, 3.63) is 29.6 Å². The maximum atomic E-state index is 13.9. The van der Waals surface area contributed by atoms with Gasteiger partial charge >= 0.3 is 0 Å². The van der Waals surface area contributed by atoms with E-state index in [1.165, 1.54) is 6.07 Å². The average molecular weight is 296 g/mol. The van der Waals surface area contributed by atoms with E-state index < -0.39 is 11.9 Å². The van der Waals surface area contributed by atoms with Gasteiger partial charge < -0.3 is 15.4 Å². The van der Waals surface area contributed by atoms with Gasteiger partial charge in [0, 0.05) is 12.1 Å². The molecule has 118 valence electrons. The Morgan fingerprint density at radius 1 is 1.43 bits per heavy atom. The lowest BCUT2D eigenvalue weighted by molar-refractivity contribution is -0.129. The van der Waals surface area contributed by atoms with Gasteiger partial charge in [-0.3, -0.25) is 4.79 Å². The molecule has 0 saturated heterocycles. The number of halogens is 1. The first-order valence-electron chi connectivity index (χ1n) is 7.20. The number of amides is 1. The summed E-state index contributed by atoms with van der Waals surface area (Å²) in [6, 6.07) is 4.73. The molecule has 1 aromatic carbocycles. The van der Waals surface area contributed by atoms with Crippen LogP contribution < -0.4 is 15.4 Å². The van der Waals surface area contributed by atoms with Gasteiger partial charge in [0.15, 0.2) is 17.7 Å². The van der Waals surface area contributed by atoms with Gasteiger partial charge in [0.2, 0.25) is 0 Å². The van der Waals surface area contributed by atoms with Gasteiger partial charge in [-0.25, -0.2) is 4.39 Å². The SMILES string of the molecule is CCC(C)(C)NC(=O)C(C)Oc1ccc(CNC)cc1F. The Bertz CT molecular complexity index is 489. The summed E-state index contributed by atoms with van der Waals surface area (Å²) in [7, 11) is 1.80. The van der Waals surface area contributed by atoms with Crippen molar-refractivity contribution in [2.45, 2.75) is 52.3 Å². The summed E-state index contributed by atoms with van der Waals surface area (Å²) in [5, 5.41) is 5.83. The van der Waals surface area contributed by atoms with Crippen LogP contribution in [0.2, 0.25) is 0 Å². The minimum Gasteiger partial charge on any atom is -0.478 e. The van der Waals surface area contributed by atoms with Crippen LogP contribution >= 0.6 is 0 Å². The molecule has 0 heterocycles. The first kappa shape index (κ1) is 17.4. The van der Waals surface area contributed by atoms with Gasteiger partial charge in [0.1, 0.15) is 0 Å². The molecule has 1 aromatic rings. The lowest BCUT2D eigenvalue weighted by atomic mass is 10.0. The van der Waals surface area contributed by atoms with Crippen molar-refractivity contribution in [3.63, 3.8) is 0 Å². The molecule has 4 nitrogen and oxygen atoms in total. The van der Waals surface area contributed by atoms with Crippen LogP contribution in [-0.2, 0) is 11.3 Å². The van der Waals surface area contributed by atoms with Crippen LogP contribution in [0.1, 0.15) is 39.7 Å². The first-order valence-corrected chi connectivity index (χ1v) is 7.20. The van der Waals surface area contributed by atoms with E-state index in [4.69, 9.17) is 4.74 Å². The van der Waals surface area contributed by atoms with Crippen molar-refractivity contribution in [2.24, 2.45) is 0 Å². The number of ether oxygens (including phenoxy) is 1. The second-order valence-electron chi connectivity index (χ2n) is 5.78. The standard InChI is InChI=1S/C16H25FN2O2/c1-6-16(3,4)19-15(20)11(2)21-14-8-7-12(10-18-5)9-13(14)17/h7-9,11,18H,6,10H2,1-5H3,(H,19,20). The number of rotatable bonds is 7. The summed E-state index contributed by atoms with van der Waals surface area (Å²) in [4.78, 5) is 12.0. The molecular formula is C16H25FN2O2.